The highest BCUT2D eigenvalue weighted by Crippen LogP contribution is 2.40. The molecule has 0 fully saturated rings. The van der Waals surface area contributed by atoms with Gasteiger partial charge in [-0.15, -0.1) is 0 Å². The molecule has 1 aliphatic rings. The molecule has 0 bridgehead atoms. The minimum Gasteiger partial charge on any atom is -0.508 e. The lowest BCUT2D eigenvalue weighted by molar-refractivity contribution is -0.134. The van der Waals surface area contributed by atoms with Crippen LogP contribution in [0.3, 0.4) is 0 Å². The fraction of sp³-hybridized carbons (Fsp3) is 0.552. The van der Waals surface area contributed by atoms with Crippen molar-refractivity contribution >= 4 is 5.97 Å². The van der Waals surface area contributed by atoms with Crippen LogP contribution in [0, 0.1) is 0 Å². The van der Waals surface area contributed by atoms with Crippen molar-refractivity contribution in [2.75, 3.05) is 6.61 Å². The first-order valence-electron chi connectivity index (χ1n) is 13.1. The van der Waals surface area contributed by atoms with Crippen molar-refractivity contribution in [3.63, 3.8) is 0 Å². The molecule has 0 saturated carbocycles. The quantitative estimate of drug-likeness (QED) is 0.175. The van der Waals surface area contributed by atoms with Crippen LogP contribution in [0.4, 0.5) is 0 Å². The van der Waals surface area contributed by atoms with Gasteiger partial charge >= 0.3 is 5.97 Å². The van der Waals surface area contributed by atoms with E-state index < -0.39 is 0 Å². The summed E-state index contributed by atoms with van der Waals surface area (Å²) in [5, 5.41) is 10.0. The first-order chi connectivity index (χ1) is 16.6. The molecule has 34 heavy (non-hydrogen) atoms. The van der Waals surface area contributed by atoms with Gasteiger partial charge in [-0.05, 0) is 49.9 Å². The molecule has 186 valence electrons. The molecule has 0 aromatic heterocycles. The van der Waals surface area contributed by atoms with Gasteiger partial charge < -0.3 is 19.3 Å². The molecule has 1 heterocycles. The van der Waals surface area contributed by atoms with Crippen LogP contribution in [0.2, 0.25) is 0 Å². The summed E-state index contributed by atoms with van der Waals surface area (Å²) < 4.78 is 17.6. The third kappa shape index (κ3) is 7.96. The van der Waals surface area contributed by atoms with E-state index in [-0.39, 0.29) is 17.8 Å². The lowest BCUT2D eigenvalue weighted by atomic mass is 9.96. The van der Waals surface area contributed by atoms with Gasteiger partial charge in [0.2, 0.25) is 0 Å². The van der Waals surface area contributed by atoms with E-state index in [1.807, 2.05) is 25.1 Å². The minimum atomic E-state index is -0.260. The van der Waals surface area contributed by atoms with Crippen LogP contribution < -0.4 is 14.2 Å². The summed E-state index contributed by atoms with van der Waals surface area (Å²) in [6.45, 7) is 4.78. The Kier molecular flexibility index (Phi) is 10.6. The lowest BCUT2D eigenvalue weighted by Crippen LogP contribution is -2.17. The van der Waals surface area contributed by atoms with Crippen molar-refractivity contribution in [3.05, 3.63) is 47.5 Å². The topological polar surface area (TPSA) is 65.0 Å². The van der Waals surface area contributed by atoms with E-state index in [2.05, 4.69) is 6.92 Å². The zero-order chi connectivity index (χ0) is 24.2. The summed E-state index contributed by atoms with van der Waals surface area (Å²) >= 11 is 0. The Morgan fingerprint density at radius 3 is 2.44 bits per heavy atom. The fourth-order valence-electron chi connectivity index (χ4n) is 4.46. The lowest BCUT2D eigenvalue weighted by Gasteiger charge is -2.28. The molecule has 2 aromatic carbocycles. The molecule has 0 saturated heterocycles. The van der Waals surface area contributed by atoms with Gasteiger partial charge in [-0.2, -0.15) is 0 Å². The van der Waals surface area contributed by atoms with Crippen LogP contribution in [-0.4, -0.2) is 17.7 Å². The number of ether oxygens (including phenoxy) is 3. The van der Waals surface area contributed by atoms with Crippen molar-refractivity contribution in [3.8, 4) is 23.0 Å². The Morgan fingerprint density at radius 2 is 1.71 bits per heavy atom. The fourth-order valence-corrected chi connectivity index (χ4v) is 4.46. The molecular formula is C29H40O5. The highest BCUT2D eigenvalue weighted by atomic mass is 16.5. The summed E-state index contributed by atoms with van der Waals surface area (Å²) in [4.78, 5) is 12.5. The number of hydrogen-bond donors (Lipinski definition) is 1. The monoisotopic (exact) mass is 468 g/mol. The van der Waals surface area contributed by atoms with Gasteiger partial charge in [0.25, 0.3) is 0 Å². The molecular weight excluding hydrogens is 428 g/mol. The second kappa shape index (κ2) is 13.9. The molecule has 0 spiro atoms. The number of fused-ring (bicyclic) bond motifs is 1. The van der Waals surface area contributed by atoms with Crippen LogP contribution in [0.15, 0.2) is 36.4 Å². The Bertz CT molecular complexity index is 907. The molecule has 1 unspecified atom stereocenters. The second-order valence-corrected chi connectivity index (χ2v) is 9.12. The van der Waals surface area contributed by atoms with E-state index in [4.69, 9.17) is 14.2 Å². The van der Waals surface area contributed by atoms with Crippen molar-refractivity contribution in [1.29, 1.82) is 0 Å². The van der Waals surface area contributed by atoms with E-state index in [9.17, 15) is 9.90 Å². The van der Waals surface area contributed by atoms with Gasteiger partial charge in [0, 0.05) is 24.1 Å². The summed E-state index contributed by atoms with van der Waals surface area (Å²) in [6.07, 6.45) is 12.6. The number of benzene rings is 2. The molecule has 0 radical (unpaired) electrons. The average molecular weight is 469 g/mol. The number of hydrogen-bond acceptors (Lipinski definition) is 5. The predicted octanol–water partition coefficient (Wildman–Crippen LogP) is 7.68. The second-order valence-electron chi connectivity index (χ2n) is 9.12. The molecule has 1 atom stereocenters. The molecule has 2 aromatic rings. The molecule has 0 aliphatic carbocycles. The Balaban J connectivity index is 1.52. The van der Waals surface area contributed by atoms with Crippen LogP contribution in [-0.2, 0) is 11.2 Å². The largest absolute Gasteiger partial charge is 0.508 e. The van der Waals surface area contributed by atoms with Gasteiger partial charge in [0.1, 0.15) is 29.1 Å². The highest BCUT2D eigenvalue weighted by molar-refractivity contribution is 5.73. The Morgan fingerprint density at radius 1 is 0.971 bits per heavy atom. The van der Waals surface area contributed by atoms with Crippen LogP contribution >= 0.6 is 0 Å². The van der Waals surface area contributed by atoms with Crippen molar-refractivity contribution in [2.24, 2.45) is 0 Å². The van der Waals surface area contributed by atoms with Crippen LogP contribution in [0.1, 0.15) is 102 Å². The van der Waals surface area contributed by atoms with Crippen molar-refractivity contribution in [1.82, 2.24) is 0 Å². The summed E-state index contributed by atoms with van der Waals surface area (Å²) in [5.41, 5.74) is 1.92. The number of phenolic OH excluding ortho intramolecular Hbond substituents is 1. The first kappa shape index (κ1) is 25.9. The molecule has 1 N–H and O–H groups in total. The zero-order valence-corrected chi connectivity index (χ0v) is 20.8. The number of carbonyl (C=O) groups excluding carboxylic acids is 1. The van der Waals surface area contributed by atoms with Gasteiger partial charge in [-0.1, -0.05) is 64.4 Å². The molecule has 3 rings (SSSR count). The van der Waals surface area contributed by atoms with Gasteiger partial charge in [-0.25, -0.2) is 0 Å². The number of unbranched alkanes of at least 4 members (excludes halogenated alkanes) is 8. The maximum atomic E-state index is 12.5. The molecule has 0 amide bonds. The molecule has 5 heteroatoms. The summed E-state index contributed by atoms with van der Waals surface area (Å²) in [6, 6.07) is 10.8. The smallest absolute Gasteiger partial charge is 0.311 e. The van der Waals surface area contributed by atoms with Crippen LogP contribution in [0.5, 0.6) is 23.0 Å². The number of carbonyl (C=O) groups is 1. The zero-order valence-electron chi connectivity index (χ0n) is 20.8. The standard InChI is InChI=1S/C29H40O5/c1-3-5-6-7-8-9-10-11-12-13-29(31)34-28-20-23(30)16-18-25(28)26-19-15-22-14-17-24(32-4-2)21-27(22)33-26/h14,16-18,20-21,26,30H,3-13,15,19H2,1-2H3. The van der Waals surface area contributed by atoms with E-state index >= 15 is 0 Å². The number of phenols is 1. The Labute approximate surface area is 204 Å². The van der Waals surface area contributed by atoms with E-state index in [0.29, 0.717) is 18.8 Å². The minimum absolute atomic E-state index is 0.0736. The normalized spacial score (nSPS) is 14.8. The van der Waals surface area contributed by atoms with Gasteiger partial charge in [0.15, 0.2) is 0 Å². The van der Waals surface area contributed by atoms with Crippen molar-refractivity contribution < 1.29 is 24.1 Å². The summed E-state index contributed by atoms with van der Waals surface area (Å²) in [7, 11) is 0. The van der Waals surface area contributed by atoms with Crippen LogP contribution in [0.25, 0.3) is 0 Å². The number of aryl methyl sites for hydroxylation is 1. The van der Waals surface area contributed by atoms with Gasteiger partial charge in [0.05, 0.1) is 6.61 Å². The van der Waals surface area contributed by atoms with Gasteiger partial charge in [-0.3, -0.25) is 4.79 Å². The summed E-state index contributed by atoms with van der Waals surface area (Å²) in [5.74, 6) is 1.77. The molecule has 1 aliphatic heterocycles. The third-order valence-electron chi connectivity index (χ3n) is 6.35. The highest BCUT2D eigenvalue weighted by Gasteiger charge is 2.25. The predicted molar refractivity (Wildman–Crippen MR) is 135 cm³/mol. The van der Waals surface area contributed by atoms with E-state index in [1.54, 1.807) is 12.1 Å². The third-order valence-corrected chi connectivity index (χ3v) is 6.35. The molecule has 5 nitrogen and oxygen atoms in total. The van der Waals surface area contributed by atoms with Crippen molar-refractivity contribution in [2.45, 2.75) is 97.0 Å². The van der Waals surface area contributed by atoms with E-state index in [1.165, 1.54) is 44.6 Å². The number of esters is 1. The number of aromatic hydroxyl groups is 1. The maximum Gasteiger partial charge on any atom is 0.311 e. The maximum absolute atomic E-state index is 12.5. The SMILES string of the molecule is CCCCCCCCCCCC(=O)Oc1cc(O)ccc1C1CCc2ccc(OCC)cc2O1. The number of rotatable bonds is 14. The first-order valence-corrected chi connectivity index (χ1v) is 13.1. The van der Waals surface area contributed by atoms with E-state index in [0.717, 1.165) is 54.7 Å². The average Bonchev–Trinajstić information content (AvgIpc) is 2.83. The Hall–Kier alpha value is -2.69.